The molecule has 3 nitrogen and oxygen atoms in total. The molecule has 1 aromatic rings. The van der Waals surface area contributed by atoms with Crippen LogP contribution in [0.25, 0.3) is 0 Å². The van der Waals surface area contributed by atoms with Crippen LogP contribution in [0.15, 0.2) is 30.3 Å². The van der Waals surface area contributed by atoms with Crippen molar-refractivity contribution in [1.29, 1.82) is 0 Å². The monoisotopic (exact) mass is 381 g/mol. The second-order valence-electron chi connectivity index (χ2n) is 11.0. The van der Waals surface area contributed by atoms with Gasteiger partial charge in [0.2, 0.25) is 0 Å². The highest BCUT2D eigenvalue weighted by atomic mass is 16.3. The summed E-state index contributed by atoms with van der Waals surface area (Å²) in [4.78, 5) is 13.8. The molecule has 0 radical (unpaired) electrons. The molecule has 0 amide bonds. The van der Waals surface area contributed by atoms with Crippen molar-refractivity contribution in [2.75, 3.05) is 6.61 Å². The maximum atomic E-state index is 13.8. The van der Waals surface area contributed by atoms with Gasteiger partial charge in [-0.3, -0.25) is 4.79 Å². The van der Waals surface area contributed by atoms with E-state index in [0.29, 0.717) is 23.7 Å². The standard InChI is InChI=1S/C25H35NO2/c26-21-8-6-18(7-9-21)10-22(28)25-13-19-11-23(15-25,17-27)14-24(12-19,16-25)20-4-2-1-3-5-20/h1-5,18-19,21,27H,6-17,26H2. The Morgan fingerprint density at radius 2 is 1.75 bits per heavy atom. The van der Waals surface area contributed by atoms with Gasteiger partial charge in [-0.2, -0.15) is 0 Å². The van der Waals surface area contributed by atoms with E-state index in [2.05, 4.69) is 30.3 Å². The normalized spacial score (nSPS) is 44.6. The molecule has 0 spiro atoms. The number of carbonyl (C=O) groups is 1. The van der Waals surface area contributed by atoms with E-state index in [1.54, 1.807) is 0 Å². The van der Waals surface area contributed by atoms with Gasteiger partial charge in [0.1, 0.15) is 5.78 Å². The summed E-state index contributed by atoms with van der Waals surface area (Å²) >= 11 is 0. The van der Waals surface area contributed by atoms with Crippen LogP contribution in [0.4, 0.5) is 0 Å². The molecule has 5 saturated carbocycles. The Hall–Kier alpha value is -1.19. The lowest BCUT2D eigenvalue weighted by Gasteiger charge is -2.66. The first-order valence-electron chi connectivity index (χ1n) is 11.4. The topological polar surface area (TPSA) is 63.3 Å². The molecule has 3 N–H and O–H groups in total. The fraction of sp³-hybridized carbons (Fsp3) is 0.720. The third-order valence-corrected chi connectivity index (χ3v) is 8.86. The van der Waals surface area contributed by atoms with Crippen molar-refractivity contribution in [3.63, 3.8) is 0 Å². The van der Waals surface area contributed by atoms with Gasteiger partial charge in [0, 0.05) is 24.5 Å². The third-order valence-electron chi connectivity index (χ3n) is 8.86. The predicted molar refractivity (Wildman–Crippen MR) is 111 cm³/mol. The van der Waals surface area contributed by atoms with Crippen LogP contribution < -0.4 is 5.73 Å². The number of hydrogen-bond donors (Lipinski definition) is 2. The van der Waals surface area contributed by atoms with Gasteiger partial charge in [-0.15, -0.1) is 0 Å². The molecule has 0 aromatic heterocycles. The first-order chi connectivity index (χ1) is 13.5. The van der Waals surface area contributed by atoms with E-state index >= 15 is 0 Å². The number of rotatable bonds is 5. The summed E-state index contributed by atoms with van der Waals surface area (Å²) in [7, 11) is 0. The van der Waals surface area contributed by atoms with Gasteiger partial charge in [0.05, 0.1) is 0 Å². The molecule has 152 valence electrons. The average Bonchev–Trinajstić information content (AvgIpc) is 2.69. The minimum Gasteiger partial charge on any atom is -0.396 e. The Morgan fingerprint density at radius 3 is 2.46 bits per heavy atom. The van der Waals surface area contributed by atoms with Gasteiger partial charge in [-0.25, -0.2) is 0 Å². The zero-order chi connectivity index (χ0) is 19.4. The zero-order valence-corrected chi connectivity index (χ0v) is 17.0. The quantitative estimate of drug-likeness (QED) is 0.796. The molecule has 5 aliphatic carbocycles. The second kappa shape index (κ2) is 6.67. The van der Waals surface area contributed by atoms with Crippen molar-refractivity contribution >= 4 is 5.78 Å². The van der Waals surface area contributed by atoms with Gasteiger partial charge in [0.15, 0.2) is 0 Å². The summed E-state index contributed by atoms with van der Waals surface area (Å²) in [6.45, 7) is 0.241. The summed E-state index contributed by atoms with van der Waals surface area (Å²) in [6.07, 6.45) is 11.5. The number of ketones is 1. The molecule has 0 heterocycles. The second-order valence-corrected chi connectivity index (χ2v) is 11.0. The average molecular weight is 382 g/mol. The van der Waals surface area contributed by atoms with E-state index < -0.39 is 0 Å². The van der Waals surface area contributed by atoms with Crippen molar-refractivity contribution in [2.24, 2.45) is 28.4 Å². The fourth-order valence-electron chi connectivity index (χ4n) is 8.11. The van der Waals surface area contributed by atoms with Crippen LogP contribution in [-0.4, -0.2) is 23.5 Å². The Bertz CT molecular complexity index is 740. The molecule has 5 fully saturated rings. The lowest BCUT2D eigenvalue weighted by molar-refractivity contribution is -0.167. The Morgan fingerprint density at radius 1 is 1.00 bits per heavy atom. The Kier molecular flexibility index (Phi) is 4.48. The molecule has 0 aliphatic heterocycles. The van der Waals surface area contributed by atoms with Crippen molar-refractivity contribution in [1.82, 2.24) is 0 Å². The zero-order valence-electron chi connectivity index (χ0n) is 17.0. The molecular weight excluding hydrogens is 346 g/mol. The molecule has 1 aromatic carbocycles. The Labute approximate surface area is 169 Å². The first kappa shape index (κ1) is 18.8. The SMILES string of the molecule is NC1CCC(CC(=O)C23CC4CC(CO)(C2)CC(c2ccccc2)(C4)C3)CC1. The fourth-order valence-corrected chi connectivity index (χ4v) is 8.11. The van der Waals surface area contributed by atoms with E-state index in [0.717, 1.165) is 64.2 Å². The van der Waals surface area contributed by atoms with Gasteiger partial charge in [-0.1, -0.05) is 30.3 Å². The highest BCUT2D eigenvalue weighted by Crippen LogP contribution is 2.70. The van der Waals surface area contributed by atoms with Gasteiger partial charge in [-0.05, 0) is 92.4 Å². The third kappa shape index (κ3) is 2.97. The largest absolute Gasteiger partial charge is 0.396 e. The van der Waals surface area contributed by atoms with Crippen LogP contribution in [-0.2, 0) is 10.2 Å². The minimum absolute atomic E-state index is 0.0418. The summed E-state index contributed by atoms with van der Waals surface area (Å²) in [5.41, 5.74) is 7.33. The smallest absolute Gasteiger partial charge is 0.139 e. The lowest BCUT2D eigenvalue weighted by atomic mass is 9.37. The molecule has 6 rings (SSSR count). The van der Waals surface area contributed by atoms with E-state index in [1.807, 2.05) is 0 Å². The van der Waals surface area contributed by atoms with E-state index in [9.17, 15) is 9.90 Å². The lowest BCUT2D eigenvalue weighted by Crippen LogP contribution is -2.62. The molecule has 0 saturated heterocycles. The highest BCUT2D eigenvalue weighted by molar-refractivity contribution is 5.86. The summed E-state index contributed by atoms with van der Waals surface area (Å²) < 4.78 is 0. The van der Waals surface area contributed by atoms with E-state index in [-0.39, 0.29) is 22.9 Å². The molecule has 4 unspecified atom stereocenters. The minimum atomic E-state index is -0.197. The van der Waals surface area contributed by atoms with Crippen molar-refractivity contribution < 1.29 is 9.90 Å². The molecular formula is C25H35NO2. The van der Waals surface area contributed by atoms with Crippen molar-refractivity contribution in [3.8, 4) is 0 Å². The van der Waals surface area contributed by atoms with Crippen LogP contribution >= 0.6 is 0 Å². The molecule has 3 heteroatoms. The summed E-state index contributed by atoms with van der Waals surface area (Å²) in [5.74, 6) is 1.63. The van der Waals surface area contributed by atoms with Gasteiger partial charge < -0.3 is 10.8 Å². The van der Waals surface area contributed by atoms with Crippen LogP contribution in [0.1, 0.15) is 76.2 Å². The van der Waals surface area contributed by atoms with Crippen molar-refractivity contribution in [2.45, 2.75) is 82.1 Å². The van der Waals surface area contributed by atoms with E-state index in [4.69, 9.17) is 5.73 Å². The van der Waals surface area contributed by atoms with Gasteiger partial charge >= 0.3 is 0 Å². The maximum absolute atomic E-state index is 13.8. The van der Waals surface area contributed by atoms with Crippen LogP contribution in [0, 0.1) is 22.7 Å². The molecule has 5 aliphatic rings. The van der Waals surface area contributed by atoms with Crippen molar-refractivity contribution in [3.05, 3.63) is 35.9 Å². The highest BCUT2D eigenvalue weighted by Gasteiger charge is 2.65. The van der Waals surface area contributed by atoms with E-state index in [1.165, 1.54) is 12.0 Å². The number of Topliss-reactive ketones (excluding diaryl/α,β-unsaturated/α-hetero) is 1. The molecule has 4 bridgehead atoms. The number of nitrogens with two attached hydrogens (primary N) is 1. The predicted octanol–water partition coefficient (Wildman–Crippen LogP) is 4.36. The van der Waals surface area contributed by atoms with Crippen LogP contribution in [0.3, 0.4) is 0 Å². The van der Waals surface area contributed by atoms with Gasteiger partial charge in [0.25, 0.3) is 0 Å². The van der Waals surface area contributed by atoms with Crippen LogP contribution in [0.5, 0.6) is 0 Å². The van der Waals surface area contributed by atoms with Crippen LogP contribution in [0.2, 0.25) is 0 Å². The summed E-state index contributed by atoms with van der Waals surface area (Å²) in [5, 5.41) is 10.4. The maximum Gasteiger partial charge on any atom is 0.139 e. The molecule has 4 atom stereocenters. The number of hydrogen-bond acceptors (Lipinski definition) is 3. The number of aliphatic hydroxyl groups excluding tert-OH is 1. The first-order valence-corrected chi connectivity index (χ1v) is 11.4. The molecule has 28 heavy (non-hydrogen) atoms. The Balaban J connectivity index is 1.45. The number of benzene rings is 1. The number of carbonyl (C=O) groups excluding carboxylic acids is 1. The summed E-state index contributed by atoms with van der Waals surface area (Å²) in [6, 6.07) is 11.2. The number of aliphatic hydroxyl groups is 1.